The first-order valence-corrected chi connectivity index (χ1v) is 6.82. The summed E-state index contributed by atoms with van der Waals surface area (Å²) in [5.74, 6) is 1.98. The molecule has 0 aliphatic rings. The van der Waals surface area contributed by atoms with Gasteiger partial charge in [0.1, 0.15) is 5.76 Å². The number of para-hydroxylation sites is 1. The zero-order chi connectivity index (χ0) is 11.9. The number of nitrogens with one attached hydrogen (secondary N) is 1. The highest BCUT2D eigenvalue weighted by Crippen LogP contribution is 2.18. The Hall–Kier alpha value is -1.35. The van der Waals surface area contributed by atoms with E-state index >= 15 is 0 Å². The fraction of sp³-hybridized carbons (Fsp3) is 0.286. The zero-order valence-electron chi connectivity index (χ0n) is 9.93. The monoisotopic (exact) mass is 247 g/mol. The van der Waals surface area contributed by atoms with Gasteiger partial charge in [-0.1, -0.05) is 25.1 Å². The molecule has 0 radical (unpaired) electrons. The summed E-state index contributed by atoms with van der Waals surface area (Å²) in [7, 11) is 0. The SMILES string of the molecule is CC(CNc1ccccc1)SCc1ccco1. The Kier molecular flexibility index (Phi) is 4.56. The zero-order valence-corrected chi connectivity index (χ0v) is 10.7. The summed E-state index contributed by atoms with van der Waals surface area (Å²) < 4.78 is 5.31. The quantitative estimate of drug-likeness (QED) is 0.834. The van der Waals surface area contributed by atoms with Crippen LogP contribution in [-0.4, -0.2) is 11.8 Å². The predicted octanol–water partition coefficient (Wildman–Crippen LogP) is 4.01. The summed E-state index contributed by atoms with van der Waals surface area (Å²) in [6.07, 6.45) is 1.72. The van der Waals surface area contributed by atoms with Crippen LogP contribution < -0.4 is 5.32 Å². The van der Waals surface area contributed by atoms with E-state index in [4.69, 9.17) is 4.42 Å². The molecule has 1 aromatic carbocycles. The number of hydrogen-bond donors (Lipinski definition) is 1. The highest BCUT2D eigenvalue weighted by Gasteiger charge is 2.04. The van der Waals surface area contributed by atoms with E-state index in [-0.39, 0.29) is 0 Å². The van der Waals surface area contributed by atoms with Crippen molar-refractivity contribution in [3.63, 3.8) is 0 Å². The summed E-state index contributed by atoms with van der Waals surface area (Å²) in [4.78, 5) is 0. The van der Waals surface area contributed by atoms with Crippen molar-refractivity contribution in [2.75, 3.05) is 11.9 Å². The van der Waals surface area contributed by atoms with Gasteiger partial charge in [-0.2, -0.15) is 0 Å². The van der Waals surface area contributed by atoms with Crippen molar-refractivity contribution in [2.45, 2.75) is 17.9 Å². The fourth-order valence-electron chi connectivity index (χ4n) is 1.50. The largest absolute Gasteiger partial charge is 0.468 e. The standard InChI is InChI=1S/C14H17NOS/c1-12(17-11-14-8-5-9-16-14)10-15-13-6-3-2-4-7-13/h2-9,12,15H,10-11H2,1H3. The molecular weight excluding hydrogens is 230 g/mol. The molecule has 1 atom stereocenters. The molecule has 2 aromatic rings. The molecule has 3 heteroatoms. The Bertz CT molecular complexity index is 413. The Morgan fingerprint density at radius 1 is 1.18 bits per heavy atom. The summed E-state index contributed by atoms with van der Waals surface area (Å²) in [6.45, 7) is 3.19. The van der Waals surface area contributed by atoms with Crippen molar-refractivity contribution in [3.8, 4) is 0 Å². The van der Waals surface area contributed by atoms with E-state index in [0.717, 1.165) is 18.1 Å². The van der Waals surface area contributed by atoms with Gasteiger partial charge in [0.2, 0.25) is 0 Å². The maximum absolute atomic E-state index is 5.31. The van der Waals surface area contributed by atoms with Gasteiger partial charge in [0.15, 0.2) is 0 Å². The Morgan fingerprint density at radius 3 is 2.71 bits per heavy atom. The van der Waals surface area contributed by atoms with Crippen LogP contribution in [0.1, 0.15) is 12.7 Å². The average molecular weight is 247 g/mol. The van der Waals surface area contributed by atoms with Crippen molar-refractivity contribution in [1.82, 2.24) is 0 Å². The second kappa shape index (κ2) is 6.40. The maximum atomic E-state index is 5.31. The topological polar surface area (TPSA) is 25.2 Å². The molecule has 0 saturated heterocycles. The lowest BCUT2D eigenvalue weighted by atomic mass is 10.3. The molecule has 0 spiro atoms. The molecule has 2 rings (SSSR count). The van der Waals surface area contributed by atoms with Crippen LogP contribution >= 0.6 is 11.8 Å². The molecule has 0 fully saturated rings. The van der Waals surface area contributed by atoms with Gasteiger partial charge >= 0.3 is 0 Å². The number of benzene rings is 1. The average Bonchev–Trinajstić information content (AvgIpc) is 2.88. The lowest BCUT2D eigenvalue weighted by molar-refractivity contribution is 0.530. The van der Waals surface area contributed by atoms with Gasteiger partial charge in [-0.25, -0.2) is 0 Å². The summed E-state index contributed by atoms with van der Waals surface area (Å²) in [6, 6.07) is 14.2. The van der Waals surface area contributed by atoms with E-state index in [1.54, 1.807) is 6.26 Å². The molecule has 17 heavy (non-hydrogen) atoms. The van der Waals surface area contributed by atoms with Gasteiger partial charge in [-0.15, -0.1) is 11.8 Å². The van der Waals surface area contributed by atoms with E-state index in [1.165, 1.54) is 5.69 Å². The lowest BCUT2D eigenvalue weighted by Gasteiger charge is -2.12. The van der Waals surface area contributed by atoms with E-state index in [9.17, 15) is 0 Å². The molecule has 0 bridgehead atoms. The summed E-state index contributed by atoms with van der Waals surface area (Å²) >= 11 is 1.90. The van der Waals surface area contributed by atoms with Crippen LogP contribution in [0, 0.1) is 0 Å². The molecule has 0 aliphatic heterocycles. The number of rotatable bonds is 6. The molecule has 1 N–H and O–H groups in total. The lowest BCUT2D eigenvalue weighted by Crippen LogP contribution is -2.13. The van der Waals surface area contributed by atoms with Gasteiger partial charge < -0.3 is 9.73 Å². The minimum absolute atomic E-state index is 0.556. The number of hydrogen-bond acceptors (Lipinski definition) is 3. The Balaban J connectivity index is 1.69. The van der Waals surface area contributed by atoms with Crippen LogP contribution in [0.2, 0.25) is 0 Å². The van der Waals surface area contributed by atoms with Crippen LogP contribution in [0.4, 0.5) is 5.69 Å². The van der Waals surface area contributed by atoms with Crippen molar-refractivity contribution in [1.29, 1.82) is 0 Å². The number of thioether (sulfide) groups is 1. The molecule has 1 unspecified atom stereocenters. The van der Waals surface area contributed by atoms with Crippen LogP contribution in [0.15, 0.2) is 53.1 Å². The van der Waals surface area contributed by atoms with Crippen LogP contribution in [0.25, 0.3) is 0 Å². The second-order valence-corrected chi connectivity index (χ2v) is 5.37. The minimum atomic E-state index is 0.556. The van der Waals surface area contributed by atoms with Crippen molar-refractivity contribution >= 4 is 17.4 Å². The van der Waals surface area contributed by atoms with Gasteiger partial charge in [-0.05, 0) is 24.3 Å². The van der Waals surface area contributed by atoms with Crippen LogP contribution in [0.3, 0.4) is 0 Å². The van der Waals surface area contributed by atoms with Crippen molar-refractivity contribution < 1.29 is 4.42 Å². The highest BCUT2D eigenvalue weighted by atomic mass is 32.2. The van der Waals surface area contributed by atoms with Crippen molar-refractivity contribution in [3.05, 3.63) is 54.5 Å². The maximum Gasteiger partial charge on any atom is 0.113 e. The number of anilines is 1. The van der Waals surface area contributed by atoms with E-state index in [2.05, 4.69) is 24.4 Å². The summed E-state index contributed by atoms with van der Waals surface area (Å²) in [5.41, 5.74) is 1.18. The first kappa shape index (κ1) is 12.1. The first-order valence-electron chi connectivity index (χ1n) is 5.77. The molecule has 1 aromatic heterocycles. The smallest absolute Gasteiger partial charge is 0.113 e. The van der Waals surface area contributed by atoms with Crippen LogP contribution in [0.5, 0.6) is 0 Å². The minimum Gasteiger partial charge on any atom is -0.468 e. The van der Waals surface area contributed by atoms with Gasteiger partial charge in [0.25, 0.3) is 0 Å². The van der Waals surface area contributed by atoms with Crippen molar-refractivity contribution in [2.24, 2.45) is 0 Å². The molecule has 0 aliphatic carbocycles. The van der Waals surface area contributed by atoms with Gasteiger partial charge in [0, 0.05) is 17.5 Å². The normalized spacial score (nSPS) is 12.3. The Labute approximate surface area is 106 Å². The van der Waals surface area contributed by atoms with E-state index < -0.39 is 0 Å². The Morgan fingerprint density at radius 2 is 2.00 bits per heavy atom. The number of furan rings is 1. The highest BCUT2D eigenvalue weighted by molar-refractivity contribution is 7.99. The third-order valence-electron chi connectivity index (χ3n) is 2.46. The molecule has 0 saturated carbocycles. The molecule has 0 amide bonds. The predicted molar refractivity (Wildman–Crippen MR) is 74.4 cm³/mol. The molecule has 1 heterocycles. The molecule has 2 nitrogen and oxygen atoms in total. The third-order valence-corrected chi connectivity index (χ3v) is 3.64. The van der Waals surface area contributed by atoms with Gasteiger partial charge in [0.05, 0.1) is 12.0 Å². The summed E-state index contributed by atoms with van der Waals surface area (Å²) in [5, 5.41) is 3.98. The first-order chi connectivity index (χ1) is 8.34. The fourth-order valence-corrected chi connectivity index (χ4v) is 2.31. The van der Waals surface area contributed by atoms with Gasteiger partial charge in [-0.3, -0.25) is 0 Å². The second-order valence-electron chi connectivity index (χ2n) is 3.95. The molecule has 90 valence electrons. The van der Waals surface area contributed by atoms with Crippen LogP contribution in [-0.2, 0) is 5.75 Å². The molecular formula is C14H17NOS. The van der Waals surface area contributed by atoms with E-state index in [1.807, 2.05) is 42.1 Å². The third kappa shape index (κ3) is 4.19. The van der Waals surface area contributed by atoms with E-state index in [0.29, 0.717) is 5.25 Å².